The lowest BCUT2D eigenvalue weighted by atomic mass is 10.1. The molecule has 0 atom stereocenters. The van der Waals surface area contributed by atoms with Crippen molar-refractivity contribution in [1.82, 2.24) is 0 Å². The number of hydrogen-bond acceptors (Lipinski definition) is 0. The summed E-state index contributed by atoms with van der Waals surface area (Å²) in [4.78, 5) is 0. The summed E-state index contributed by atoms with van der Waals surface area (Å²) in [7, 11) is 0. The molecule has 2 rings (SSSR count). The molecule has 0 aromatic heterocycles. The van der Waals surface area contributed by atoms with Crippen LogP contribution in [0.1, 0.15) is 11.1 Å². The van der Waals surface area contributed by atoms with Gasteiger partial charge >= 0.3 is 0 Å². The summed E-state index contributed by atoms with van der Waals surface area (Å²) >= 11 is 2.94. The molecule has 0 nitrogen and oxygen atoms in total. The second-order valence-electron chi connectivity index (χ2n) is 3.32. The van der Waals surface area contributed by atoms with Crippen LogP contribution in [0, 0.1) is 11.6 Å². The molecule has 1 aromatic rings. The molecule has 0 fully saturated rings. The van der Waals surface area contributed by atoms with Gasteiger partial charge in [0.15, 0.2) is 11.6 Å². The van der Waals surface area contributed by atoms with E-state index in [2.05, 4.69) is 15.9 Å². The fourth-order valence-electron chi connectivity index (χ4n) is 1.64. The summed E-state index contributed by atoms with van der Waals surface area (Å²) in [6.07, 6.45) is -1.25. The number of rotatable bonds is 0. The molecule has 14 heavy (non-hydrogen) atoms. The Labute approximate surface area is 86.1 Å². The van der Waals surface area contributed by atoms with Gasteiger partial charge in [0.25, 0.3) is 5.92 Å². The van der Waals surface area contributed by atoms with Crippen molar-refractivity contribution in [1.29, 1.82) is 0 Å². The number of alkyl halides is 2. The Kier molecular flexibility index (Phi) is 2.10. The lowest BCUT2D eigenvalue weighted by Gasteiger charge is -2.04. The molecule has 0 unspecified atom stereocenters. The minimum Gasteiger partial charge on any atom is -0.206 e. The topological polar surface area (TPSA) is 0 Å². The van der Waals surface area contributed by atoms with Crippen molar-refractivity contribution in [2.45, 2.75) is 18.8 Å². The zero-order valence-electron chi connectivity index (χ0n) is 6.88. The molecule has 0 heterocycles. The van der Waals surface area contributed by atoms with Gasteiger partial charge in [-0.05, 0) is 11.6 Å². The Balaban J connectivity index is 2.61. The Bertz CT molecular complexity index is 400. The predicted octanol–water partition coefficient (Wildman–Crippen LogP) is 3.46. The largest absolute Gasteiger partial charge is 0.256 e. The van der Waals surface area contributed by atoms with Gasteiger partial charge in [-0.1, -0.05) is 15.9 Å². The molecule has 5 heteroatoms. The van der Waals surface area contributed by atoms with E-state index >= 15 is 0 Å². The summed E-state index contributed by atoms with van der Waals surface area (Å²) in [5.74, 6) is -5.20. The van der Waals surface area contributed by atoms with Gasteiger partial charge in [0, 0.05) is 22.9 Å². The van der Waals surface area contributed by atoms with Crippen LogP contribution < -0.4 is 0 Å². The van der Waals surface area contributed by atoms with E-state index in [-0.39, 0.29) is 15.6 Å². The minimum atomic E-state index is -2.96. The smallest absolute Gasteiger partial charge is 0.206 e. The van der Waals surface area contributed by atoms with Crippen molar-refractivity contribution in [2.75, 3.05) is 0 Å². The third-order valence-corrected chi connectivity index (χ3v) is 2.96. The molecule has 0 saturated carbocycles. The van der Waals surface area contributed by atoms with Crippen molar-refractivity contribution >= 4 is 15.9 Å². The number of halogens is 5. The van der Waals surface area contributed by atoms with E-state index in [0.29, 0.717) is 0 Å². The third kappa shape index (κ3) is 1.43. The van der Waals surface area contributed by atoms with Crippen LogP contribution in [0.2, 0.25) is 0 Å². The van der Waals surface area contributed by atoms with E-state index in [0.717, 1.165) is 6.07 Å². The second-order valence-corrected chi connectivity index (χ2v) is 4.18. The monoisotopic (exact) mass is 268 g/mol. The van der Waals surface area contributed by atoms with Crippen molar-refractivity contribution in [3.05, 3.63) is 33.3 Å². The Hall–Kier alpha value is -0.580. The van der Waals surface area contributed by atoms with E-state index in [9.17, 15) is 17.6 Å². The molecule has 0 N–H and O–H groups in total. The standard InChI is InChI=1S/C9H5BrF4/c10-6-1-7(11)8(12)5-3-9(13,14)2-4(5)6/h1H,2-3H2. The predicted molar refractivity (Wildman–Crippen MR) is 46.4 cm³/mol. The maximum Gasteiger partial charge on any atom is 0.256 e. The normalized spacial score (nSPS) is 18.4. The summed E-state index contributed by atoms with van der Waals surface area (Å²) in [5.41, 5.74) is -0.0317. The van der Waals surface area contributed by atoms with Gasteiger partial charge in [0.1, 0.15) is 0 Å². The summed E-state index contributed by atoms with van der Waals surface area (Å²) in [6, 6.07) is 0.884. The van der Waals surface area contributed by atoms with E-state index in [4.69, 9.17) is 0 Å². The highest BCUT2D eigenvalue weighted by molar-refractivity contribution is 9.10. The molecule has 76 valence electrons. The van der Waals surface area contributed by atoms with Gasteiger partial charge in [0.2, 0.25) is 0 Å². The van der Waals surface area contributed by atoms with Crippen molar-refractivity contribution in [3.8, 4) is 0 Å². The van der Waals surface area contributed by atoms with Gasteiger partial charge in [-0.3, -0.25) is 0 Å². The summed E-state index contributed by atoms with van der Waals surface area (Å²) in [6.45, 7) is 0. The van der Waals surface area contributed by atoms with Gasteiger partial charge < -0.3 is 0 Å². The first-order valence-corrected chi connectivity index (χ1v) is 4.73. The van der Waals surface area contributed by atoms with Crippen LogP contribution in [0.4, 0.5) is 17.6 Å². The Morgan fingerprint density at radius 1 is 1.14 bits per heavy atom. The fourth-order valence-corrected chi connectivity index (χ4v) is 2.22. The molecule has 0 bridgehead atoms. The van der Waals surface area contributed by atoms with Gasteiger partial charge in [-0.15, -0.1) is 0 Å². The number of benzene rings is 1. The van der Waals surface area contributed by atoms with E-state index in [1.165, 1.54) is 0 Å². The quantitative estimate of drug-likeness (QED) is 0.499. The van der Waals surface area contributed by atoms with Crippen LogP contribution in [0.3, 0.4) is 0 Å². The highest BCUT2D eigenvalue weighted by atomic mass is 79.9. The van der Waals surface area contributed by atoms with E-state index < -0.39 is 30.4 Å². The molecule has 1 aromatic carbocycles. The molecule has 0 spiro atoms. The van der Waals surface area contributed by atoms with Crippen LogP contribution in [0.25, 0.3) is 0 Å². The van der Waals surface area contributed by atoms with Crippen LogP contribution in [-0.4, -0.2) is 5.92 Å². The molecular formula is C9H5BrF4. The first kappa shape index (κ1) is 9.96. The second kappa shape index (κ2) is 2.95. The lowest BCUT2D eigenvalue weighted by molar-refractivity contribution is 0.0125. The molecule has 0 amide bonds. The Morgan fingerprint density at radius 2 is 1.71 bits per heavy atom. The van der Waals surface area contributed by atoms with Gasteiger partial charge in [0.05, 0.1) is 0 Å². The maximum absolute atomic E-state index is 13.1. The summed E-state index contributed by atoms with van der Waals surface area (Å²) < 4.78 is 52.0. The highest BCUT2D eigenvalue weighted by Gasteiger charge is 2.40. The van der Waals surface area contributed by atoms with Crippen LogP contribution >= 0.6 is 15.9 Å². The van der Waals surface area contributed by atoms with Crippen LogP contribution in [0.5, 0.6) is 0 Å². The zero-order valence-corrected chi connectivity index (χ0v) is 8.47. The fraction of sp³-hybridized carbons (Fsp3) is 0.333. The first-order chi connectivity index (χ1) is 6.41. The van der Waals surface area contributed by atoms with E-state index in [1.807, 2.05) is 0 Å². The minimum absolute atomic E-state index is 0.175. The molecule has 0 saturated heterocycles. The first-order valence-electron chi connectivity index (χ1n) is 3.94. The van der Waals surface area contributed by atoms with Crippen molar-refractivity contribution < 1.29 is 17.6 Å². The van der Waals surface area contributed by atoms with Crippen molar-refractivity contribution in [2.24, 2.45) is 0 Å². The molecule has 0 radical (unpaired) electrons. The molecule has 0 aliphatic heterocycles. The third-order valence-electron chi connectivity index (χ3n) is 2.25. The Morgan fingerprint density at radius 3 is 2.36 bits per heavy atom. The highest BCUT2D eigenvalue weighted by Crippen LogP contribution is 2.40. The number of hydrogen-bond donors (Lipinski definition) is 0. The molecule has 1 aliphatic carbocycles. The maximum atomic E-state index is 13.1. The molecule has 1 aliphatic rings. The van der Waals surface area contributed by atoms with Crippen molar-refractivity contribution in [3.63, 3.8) is 0 Å². The van der Waals surface area contributed by atoms with Crippen LogP contribution in [0.15, 0.2) is 10.5 Å². The average Bonchev–Trinajstić information content (AvgIpc) is 2.38. The zero-order chi connectivity index (χ0) is 10.5. The van der Waals surface area contributed by atoms with E-state index in [1.54, 1.807) is 0 Å². The molecular weight excluding hydrogens is 264 g/mol. The SMILES string of the molecule is Fc1cc(Br)c2c(c1F)CC(F)(F)C2. The summed E-state index contributed by atoms with van der Waals surface area (Å²) in [5, 5.41) is 0. The van der Waals surface area contributed by atoms with Crippen LogP contribution in [-0.2, 0) is 12.8 Å². The lowest BCUT2D eigenvalue weighted by Crippen LogP contribution is -2.14. The number of fused-ring (bicyclic) bond motifs is 1. The van der Waals surface area contributed by atoms with Gasteiger partial charge in [-0.2, -0.15) is 0 Å². The average molecular weight is 269 g/mol. The van der Waals surface area contributed by atoms with Gasteiger partial charge in [-0.25, -0.2) is 17.6 Å².